The zero-order chi connectivity index (χ0) is 19.8. The Balaban J connectivity index is 1.89. The smallest absolute Gasteiger partial charge is 0.245 e. The van der Waals surface area contributed by atoms with E-state index >= 15 is 0 Å². The van der Waals surface area contributed by atoms with Crippen molar-refractivity contribution < 1.29 is 14.3 Å². The second-order valence-electron chi connectivity index (χ2n) is 8.29. The van der Waals surface area contributed by atoms with Crippen molar-refractivity contribution in [1.29, 1.82) is 0 Å². The molecule has 2 heterocycles. The first-order valence-electron chi connectivity index (χ1n) is 9.72. The van der Waals surface area contributed by atoms with Gasteiger partial charge in [0.1, 0.15) is 5.75 Å². The third kappa shape index (κ3) is 3.47. The van der Waals surface area contributed by atoms with Gasteiger partial charge >= 0.3 is 0 Å². The zero-order valence-electron chi connectivity index (χ0n) is 16.8. The van der Waals surface area contributed by atoms with Crippen LogP contribution in [0.15, 0.2) is 30.9 Å². The van der Waals surface area contributed by atoms with Gasteiger partial charge in [0.25, 0.3) is 0 Å². The van der Waals surface area contributed by atoms with E-state index in [4.69, 9.17) is 4.74 Å². The quantitative estimate of drug-likeness (QED) is 0.762. The second-order valence-corrected chi connectivity index (χ2v) is 8.29. The molecule has 0 N–H and O–H groups in total. The highest BCUT2D eigenvalue weighted by atomic mass is 16.5. The van der Waals surface area contributed by atoms with Gasteiger partial charge in [-0.2, -0.15) is 0 Å². The summed E-state index contributed by atoms with van der Waals surface area (Å²) < 4.78 is 5.59. The molecule has 1 atom stereocenters. The molecule has 1 fully saturated rings. The molecule has 2 aliphatic heterocycles. The first kappa shape index (κ1) is 19.5. The highest BCUT2D eigenvalue weighted by Crippen LogP contribution is 2.48. The predicted octanol–water partition coefficient (Wildman–Crippen LogP) is 3.74. The lowest BCUT2D eigenvalue weighted by molar-refractivity contribution is -0.131. The van der Waals surface area contributed by atoms with E-state index in [-0.39, 0.29) is 23.3 Å². The highest BCUT2D eigenvalue weighted by Gasteiger charge is 2.43. The predicted molar refractivity (Wildman–Crippen MR) is 107 cm³/mol. The molecule has 1 aromatic rings. The van der Waals surface area contributed by atoms with Gasteiger partial charge in [-0.25, -0.2) is 0 Å². The van der Waals surface area contributed by atoms with Crippen LogP contribution in [-0.4, -0.2) is 42.5 Å². The third-order valence-electron chi connectivity index (χ3n) is 5.96. The number of amides is 2. The van der Waals surface area contributed by atoms with Crippen molar-refractivity contribution in [2.45, 2.75) is 51.5 Å². The first-order chi connectivity index (χ1) is 12.8. The number of carbonyl (C=O) groups excluding carboxylic acids is 2. The van der Waals surface area contributed by atoms with Gasteiger partial charge in [0, 0.05) is 30.1 Å². The Labute approximate surface area is 162 Å². The number of hydrogen-bond donors (Lipinski definition) is 0. The largest absolute Gasteiger partial charge is 0.496 e. The topological polar surface area (TPSA) is 49.9 Å². The molecule has 0 aromatic heterocycles. The molecule has 146 valence electrons. The van der Waals surface area contributed by atoms with Gasteiger partial charge in [0.15, 0.2) is 0 Å². The normalized spacial score (nSPS) is 22.1. The van der Waals surface area contributed by atoms with Crippen LogP contribution in [0, 0.1) is 5.92 Å². The molecule has 2 amide bonds. The van der Waals surface area contributed by atoms with Crippen molar-refractivity contribution in [3.63, 3.8) is 0 Å². The standard InChI is InChI=1S/C22H30N2O3/c1-6-19(25)23-12-10-16(11-13-23)21(26)24-17-8-7-9-18(27-5)20(17)15(2)14-22(24,3)4/h6-9,15-16H,1,10-14H2,2-5H3. The average molecular weight is 370 g/mol. The molecule has 1 aromatic carbocycles. The fourth-order valence-electron chi connectivity index (χ4n) is 4.74. The second kappa shape index (κ2) is 7.37. The molecule has 3 rings (SSSR count). The van der Waals surface area contributed by atoms with Crippen LogP contribution in [0.3, 0.4) is 0 Å². The lowest BCUT2D eigenvalue weighted by Gasteiger charge is -2.48. The Morgan fingerprint density at radius 1 is 1.26 bits per heavy atom. The van der Waals surface area contributed by atoms with E-state index in [2.05, 4.69) is 27.4 Å². The lowest BCUT2D eigenvalue weighted by atomic mass is 9.78. The Morgan fingerprint density at radius 2 is 1.93 bits per heavy atom. The van der Waals surface area contributed by atoms with Gasteiger partial charge in [-0.3, -0.25) is 9.59 Å². The molecular formula is C22H30N2O3. The zero-order valence-corrected chi connectivity index (χ0v) is 16.8. The molecule has 2 aliphatic rings. The summed E-state index contributed by atoms with van der Waals surface area (Å²) in [6, 6.07) is 5.96. The number of fused-ring (bicyclic) bond motifs is 1. The fraction of sp³-hybridized carbons (Fsp3) is 0.545. The van der Waals surface area contributed by atoms with Crippen LogP contribution in [0.4, 0.5) is 5.69 Å². The molecule has 5 heteroatoms. The minimum Gasteiger partial charge on any atom is -0.496 e. The summed E-state index contributed by atoms with van der Waals surface area (Å²) >= 11 is 0. The Kier molecular flexibility index (Phi) is 5.31. The van der Waals surface area contributed by atoms with E-state index in [1.807, 2.05) is 23.1 Å². The van der Waals surface area contributed by atoms with Gasteiger partial charge in [-0.15, -0.1) is 0 Å². The van der Waals surface area contributed by atoms with E-state index in [0.717, 1.165) is 23.4 Å². The van der Waals surface area contributed by atoms with Gasteiger partial charge in [-0.05, 0) is 57.2 Å². The Morgan fingerprint density at radius 3 is 2.52 bits per heavy atom. The molecule has 5 nitrogen and oxygen atoms in total. The summed E-state index contributed by atoms with van der Waals surface area (Å²) in [5.41, 5.74) is 1.82. The number of anilines is 1. The molecule has 0 aliphatic carbocycles. The summed E-state index contributed by atoms with van der Waals surface area (Å²) in [5, 5.41) is 0. The molecule has 1 saturated heterocycles. The summed E-state index contributed by atoms with van der Waals surface area (Å²) in [6.07, 6.45) is 3.62. The van der Waals surface area contributed by atoms with Crippen LogP contribution >= 0.6 is 0 Å². The summed E-state index contributed by atoms with van der Waals surface area (Å²) in [5.74, 6) is 1.21. The molecular weight excluding hydrogens is 340 g/mol. The average Bonchev–Trinajstić information content (AvgIpc) is 2.65. The maximum Gasteiger partial charge on any atom is 0.245 e. The van der Waals surface area contributed by atoms with Crippen molar-refractivity contribution in [2.24, 2.45) is 5.92 Å². The molecule has 27 heavy (non-hydrogen) atoms. The number of likely N-dealkylation sites (tertiary alicyclic amines) is 1. The lowest BCUT2D eigenvalue weighted by Crippen LogP contribution is -2.55. The number of hydrogen-bond acceptors (Lipinski definition) is 3. The van der Waals surface area contributed by atoms with E-state index < -0.39 is 0 Å². The van der Waals surface area contributed by atoms with E-state index in [9.17, 15) is 9.59 Å². The number of carbonyl (C=O) groups is 2. The van der Waals surface area contributed by atoms with Crippen LogP contribution in [0.5, 0.6) is 5.75 Å². The summed E-state index contributed by atoms with van der Waals surface area (Å²) in [4.78, 5) is 29.1. The van der Waals surface area contributed by atoms with Crippen LogP contribution in [0.25, 0.3) is 0 Å². The summed E-state index contributed by atoms with van der Waals surface area (Å²) in [6.45, 7) is 11.2. The van der Waals surface area contributed by atoms with E-state index in [1.54, 1.807) is 12.0 Å². The molecule has 0 bridgehead atoms. The molecule has 0 saturated carbocycles. The van der Waals surface area contributed by atoms with Crippen LogP contribution < -0.4 is 9.64 Å². The summed E-state index contributed by atoms with van der Waals surface area (Å²) in [7, 11) is 1.68. The van der Waals surface area contributed by atoms with Crippen LogP contribution in [0.1, 0.15) is 51.5 Å². The molecule has 0 radical (unpaired) electrons. The van der Waals surface area contributed by atoms with Crippen molar-refractivity contribution in [2.75, 3.05) is 25.1 Å². The van der Waals surface area contributed by atoms with Crippen LogP contribution in [-0.2, 0) is 9.59 Å². The van der Waals surface area contributed by atoms with Crippen molar-refractivity contribution >= 4 is 17.5 Å². The number of benzene rings is 1. The fourth-order valence-corrected chi connectivity index (χ4v) is 4.74. The number of rotatable bonds is 3. The number of nitrogens with zero attached hydrogens (tertiary/aromatic N) is 2. The number of piperidine rings is 1. The van der Waals surface area contributed by atoms with Crippen molar-refractivity contribution in [3.8, 4) is 5.75 Å². The van der Waals surface area contributed by atoms with Gasteiger partial charge < -0.3 is 14.5 Å². The van der Waals surface area contributed by atoms with E-state index in [0.29, 0.717) is 31.8 Å². The minimum atomic E-state index is -0.260. The maximum absolute atomic E-state index is 13.5. The third-order valence-corrected chi connectivity index (χ3v) is 5.96. The number of methoxy groups -OCH3 is 1. The first-order valence-corrected chi connectivity index (χ1v) is 9.72. The van der Waals surface area contributed by atoms with E-state index in [1.165, 1.54) is 6.08 Å². The monoisotopic (exact) mass is 370 g/mol. The SMILES string of the molecule is C=CC(=O)N1CCC(C(=O)N2c3cccc(OC)c3C(C)CC2(C)C)CC1. The Hall–Kier alpha value is -2.30. The van der Waals surface area contributed by atoms with Gasteiger partial charge in [0.2, 0.25) is 11.8 Å². The van der Waals surface area contributed by atoms with Gasteiger partial charge in [-0.1, -0.05) is 19.6 Å². The maximum atomic E-state index is 13.5. The van der Waals surface area contributed by atoms with Crippen LogP contribution in [0.2, 0.25) is 0 Å². The Bertz CT molecular complexity index is 748. The van der Waals surface area contributed by atoms with Gasteiger partial charge in [0.05, 0.1) is 12.8 Å². The minimum absolute atomic E-state index is 0.0527. The highest BCUT2D eigenvalue weighted by molar-refractivity contribution is 5.98. The molecule has 0 spiro atoms. The molecule has 1 unspecified atom stereocenters. The van der Waals surface area contributed by atoms with Crippen molar-refractivity contribution in [3.05, 3.63) is 36.4 Å². The van der Waals surface area contributed by atoms with Crippen molar-refractivity contribution in [1.82, 2.24) is 4.90 Å². The number of ether oxygens (including phenoxy) is 1.